The van der Waals surface area contributed by atoms with Crippen molar-refractivity contribution in [2.45, 2.75) is 29.6 Å². The van der Waals surface area contributed by atoms with E-state index in [0.717, 1.165) is 22.9 Å². The highest BCUT2D eigenvalue weighted by atomic mass is 35.5. The van der Waals surface area contributed by atoms with E-state index in [2.05, 4.69) is 31.2 Å². The maximum atomic E-state index is 6.21. The van der Waals surface area contributed by atoms with Gasteiger partial charge in [0.25, 0.3) is 0 Å². The zero-order valence-corrected chi connectivity index (χ0v) is 16.6. The molecule has 2 aromatic rings. The monoisotopic (exact) mass is 400 g/mol. The zero-order valence-electron chi connectivity index (χ0n) is 13.5. The molecular weight excluding hydrogens is 379 g/mol. The fourth-order valence-electron chi connectivity index (χ4n) is 1.92. The number of nitrogens with two attached hydrogens (primary N) is 2. The normalized spacial score (nSPS) is 10.9. The number of hydrogen-bond acceptors (Lipinski definition) is 2. The third-order valence-electron chi connectivity index (χ3n) is 3.28. The molecule has 0 bridgehead atoms. The first kappa shape index (κ1) is 23.1. The first-order valence-corrected chi connectivity index (χ1v) is 8.98. The van der Waals surface area contributed by atoms with E-state index < -0.39 is 0 Å². The smallest absolute Gasteiger partial charge is 0.214 e. The predicted molar refractivity (Wildman–Crippen MR) is 96.9 cm³/mol. The molecule has 130 valence electrons. The van der Waals surface area contributed by atoms with Crippen LogP contribution < -0.4 is 35.6 Å². The minimum absolute atomic E-state index is 0. The minimum atomic E-state index is 0. The molecule has 0 radical (unpaired) electrons. The number of rotatable bonds is 6. The van der Waals surface area contributed by atoms with Gasteiger partial charge in [0.05, 0.1) is 0 Å². The summed E-state index contributed by atoms with van der Waals surface area (Å²) in [5, 5.41) is 14.2. The molecule has 2 nitrogen and oxygen atoms in total. The lowest BCUT2D eigenvalue weighted by atomic mass is 10.1. The Morgan fingerprint density at radius 1 is 0.833 bits per heavy atom. The van der Waals surface area contributed by atoms with E-state index in [1.54, 1.807) is 23.5 Å². The Labute approximate surface area is 165 Å². The Bertz CT molecular complexity index is 621. The van der Waals surface area contributed by atoms with Crippen LogP contribution in [0.5, 0.6) is 0 Å². The lowest BCUT2D eigenvalue weighted by Crippen LogP contribution is -3.00. The average molecular weight is 401 g/mol. The molecule has 1 unspecified atom stereocenters. The quantitative estimate of drug-likeness (QED) is 0.298. The van der Waals surface area contributed by atoms with Gasteiger partial charge in [0.2, 0.25) is 10.1 Å². The Balaban J connectivity index is 0.00000264. The highest BCUT2D eigenvalue weighted by Crippen LogP contribution is 2.24. The van der Waals surface area contributed by atoms with Crippen LogP contribution in [0, 0.1) is 5.92 Å². The van der Waals surface area contributed by atoms with Crippen LogP contribution in [0.3, 0.4) is 0 Å². The van der Waals surface area contributed by atoms with Gasteiger partial charge in [-0.05, 0) is 54.2 Å². The van der Waals surface area contributed by atoms with Crippen LogP contribution in [0.25, 0.3) is 0 Å². The van der Waals surface area contributed by atoms with Crippen LogP contribution in [0.1, 0.15) is 19.8 Å². The van der Waals surface area contributed by atoms with Gasteiger partial charge in [-0.25, -0.2) is 0 Å². The summed E-state index contributed by atoms with van der Waals surface area (Å²) in [6, 6.07) is 20.5. The molecule has 6 heteroatoms. The summed E-state index contributed by atoms with van der Waals surface area (Å²) in [6.07, 6.45) is 1.84. The van der Waals surface area contributed by atoms with Crippen LogP contribution in [-0.4, -0.2) is 10.1 Å². The number of thioether (sulfide) groups is 2. The second kappa shape index (κ2) is 12.4. The standard InChI is InChI=1S/C18H20N2S2.2ClH/c1-14(18(20)22-16-10-6-3-7-11-16)12-13-17(19)21-15-8-4-2-5-9-15;;/h2-11,14,19-20H,12-13H2,1H3;2*1H. The van der Waals surface area contributed by atoms with Gasteiger partial charge in [-0.15, -0.1) is 0 Å². The molecule has 0 aliphatic carbocycles. The van der Waals surface area contributed by atoms with E-state index in [-0.39, 0.29) is 24.8 Å². The van der Waals surface area contributed by atoms with Gasteiger partial charge in [0, 0.05) is 22.1 Å². The summed E-state index contributed by atoms with van der Waals surface area (Å²) in [5.41, 5.74) is 0. The fourth-order valence-corrected chi connectivity index (χ4v) is 3.62. The molecule has 0 heterocycles. The maximum absolute atomic E-state index is 6.21. The largest absolute Gasteiger partial charge is 1.00 e. The molecule has 0 spiro atoms. The number of halogens is 2. The molecule has 0 aromatic heterocycles. The average Bonchev–Trinajstić information content (AvgIpc) is 2.54. The fraction of sp³-hybridized carbons (Fsp3) is 0.222. The third-order valence-corrected chi connectivity index (χ3v) is 5.40. The van der Waals surface area contributed by atoms with Gasteiger partial charge >= 0.3 is 0 Å². The summed E-state index contributed by atoms with van der Waals surface area (Å²) in [6.45, 7) is 2.16. The van der Waals surface area contributed by atoms with E-state index in [0.29, 0.717) is 5.92 Å². The molecule has 0 saturated carbocycles. The van der Waals surface area contributed by atoms with Crippen molar-refractivity contribution in [3.8, 4) is 0 Å². The predicted octanol–water partition coefficient (Wildman–Crippen LogP) is -3.69. The topological polar surface area (TPSA) is 51.2 Å². The Kier molecular flexibility index (Phi) is 11.9. The third kappa shape index (κ3) is 8.25. The number of hydrogen-bond donors (Lipinski definition) is 2. The highest BCUT2D eigenvalue weighted by Gasteiger charge is 2.18. The van der Waals surface area contributed by atoms with Crippen molar-refractivity contribution in [1.82, 2.24) is 0 Å². The Hall–Kier alpha value is -0.940. The van der Waals surface area contributed by atoms with Crippen LogP contribution in [-0.2, 0) is 0 Å². The van der Waals surface area contributed by atoms with Crippen LogP contribution in [0.4, 0.5) is 0 Å². The van der Waals surface area contributed by atoms with E-state index in [1.165, 1.54) is 9.79 Å². The van der Waals surface area contributed by atoms with Gasteiger partial charge in [-0.1, -0.05) is 43.3 Å². The highest BCUT2D eigenvalue weighted by molar-refractivity contribution is 8.14. The molecule has 4 N–H and O–H groups in total. The van der Waals surface area contributed by atoms with Crippen LogP contribution in [0.15, 0.2) is 70.5 Å². The van der Waals surface area contributed by atoms with Crippen molar-refractivity contribution in [2.24, 2.45) is 5.92 Å². The first-order valence-electron chi connectivity index (χ1n) is 7.34. The molecule has 24 heavy (non-hydrogen) atoms. The van der Waals surface area contributed by atoms with Crippen LogP contribution in [0.2, 0.25) is 0 Å². The second-order valence-corrected chi connectivity index (χ2v) is 7.49. The van der Waals surface area contributed by atoms with Gasteiger partial charge < -0.3 is 24.8 Å². The molecular formula is C18H22Cl2N2S2. The Morgan fingerprint density at radius 3 is 1.79 bits per heavy atom. The molecule has 0 saturated heterocycles. The van der Waals surface area contributed by atoms with Crippen molar-refractivity contribution in [3.63, 3.8) is 0 Å². The van der Waals surface area contributed by atoms with Crippen molar-refractivity contribution < 1.29 is 35.6 Å². The van der Waals surface area contributed by atoms with E-state index in [1.807, 2.05) is 36.4 Å². The van der Waals surface area contributed by atoms with Gasteiger partial charge in [0.15, 0.2) is 0 Å². The van der Waals surface area contributed by atoms with Crippen molar-refractivity contribution in [2.75, 3.05) is 0 Å². The minimum Gasteiger partial charge on any atom is -1.00 e. The van der Waals surface area contributed by atoms with Crippen LogP contribution >= 0.6 is 23.5 Å². The summed E-state index contributed by atoms with van der Waals surface area (Å²) in [7, 11) is 0. The van der Waals surface area contributed by atoms with E-state index in [4.69, 9.17) is 10.8 Å². The molecule has 0 amide bonds. The summed E-state index contributed by atoms with van der Waals surface area (Å²) < 4.78 is 0. The van der Waals surface area contributed by atoms with Crippen molar-refractivity contribution in [3.05, 3.63) is 60.7 Å². The van der Waals surface area contributed by atoms with Gasteiger partial charge in [-0.2, -0.15) is 0 Å². The molecule has 2 aromatic carbocycles. The maximum Gasteiger partial charge on any atom is 0.214 e. The molecule has 0 aliphatic rings. The summed E-state index contributed by atoms with van der Waals surface area (Å²) in [4.78, 5) is 2.37. The van der Waals surface area contributed by atoms with E-state index in [9.17, 15) is 0 Å². The molecule has 0 fully saturated rings. The van der Waals surface area contributed by atoms with Crippen molar-refractivity contribution in [1.29, 1.82) is 0 Å². The number of benzene rings is 2. The molecule has 2 rings (SSSR count). The lowest BCUT2D eigenvalue weighted by Gasteiger charge is -2.07. The molecule has 1 atom stereocenters. The second-order valence-electron chi connectivity index (χ2n) is 5.14. The lowest BCUT2D eigenvalue weighted by molar-refractivity contribution is -0.114. The summed E-state index contributed by atoms with van der Waals surface area (Å²) in [5.74, 6) is 0.333. The first-order chi connectivity index (χ1) is 10.6. The Morgan fingerprint density at radius 2 is 1.29 bits per heavy atom. The molecule has 0 aliphatic heterocycles. The van der Waals surface area contributed by atoms with Gasteiger partial charge in [0.1, 0.15) is 0 Å². The zero-order chi connectivity index (χ0) is 15.8. The van der Waals surface area contributed by atoms with Crippen molar-refractivity contribution >= 4 is 33.6 Å². The SMILES string of the molecule is CC(CCC(=[NH2+])Sc1ccccc1)C(=[NH2+])Sc1ccccc1.[Cl-].[Cl-]. The summed E-state index contributed by atoms with van der Waals surface area (Å²) >= 11 is 3.28. The van der Waals surface area contributed by atoms with E-state index >= 15 is 0 Å². The van der Waals surface area contributed by atoms with Gasteiger partial charge in [-0.3, -0.25) is 10.8 Å².